The molecule has 0 radical (unpaired) electrons. The van der Waals surface area contributed by atoms with Gasteiger partial charge in [0.1, 0.15) is 5.75 Å². The van der Waals surface area contributed by atoms with E-state index in [-0.39, 0.29) is 10.6 Å². The summed E-state index contributed by atoms with van der Waals surface area (Å²) in [6.07, 6.45) is 1.24. The van der Waals surface area contributed by atoms with E-state index in [1.807, 2.05) is 6.92 Å². The normalized spacial score (nSPS) is 11.6. The van der Waals surface area contributed by atoms with Crippen LogP contribution in [0.1, 0.15) is 5.56 Å². The van der Waals surface area contributed by atoms with Gasteiger partial charge < -0.3 is 14.7 Å². The van der Waals surface area contributed by atoms with Crippen molar-refractivity contribution in [3.63, 3.8) is 0 Å². The molecule has 0 fully saturated rings. The van der Waals surface area contributed by atoms with Gasteiger partial charge in [-0.15, -0.1) is 0 Å². The molecule has 1 aromatic heterocycles. The number of rotatable bonds is 4. The van der Waals surface area contributed by atoms with Crippen molar-refractivity contribution in [2.75, 3.05) is 0 Å². The summed E-state index contributed by atoms with van der Waals surface area (Å²) < 4.78 is 31.6. The van der Waals surface area contributed by atoms with E-state index in [9.17, 15) is 8.42 Å². The lowest BCUT2D eigenvalue weighted by molar-refractivity contribution is 0.289. The zero-order valence-corrected chi connectivity index (χ0v) is 13.1. The van der Waals surface area contributed by atoms with E-state index in [1.165, 1.54) is 18.3 Å². The van der Waals surface area contributed by atoms with Gasteiger partial charge in [0, 0.05) is 5.39 Å². The van der Waals surface area contributed by atoms with Gasteiger partial charge in [-0.1, -0.05) is 29.8 Å². The highest BCUT2D eigenvalue weighted by Crippen LogP contribution is 2.31. The molecule has 1 heterocycles. The third-order valence-corrected chi connectivity index (χ3v) is 5.14. The van der Waals surface area contributed by atoms with Gasteiger partial charge >= 0.3 is 7.32 Å². The molecule has 3 rings (SSSR count). The van der Waals surface area contributed by atoms with Crippen LogP contribution < -0.4 is 4.65 Å². The largest absolute Gasteiger partial charge is 0.707 e. The molecule has 118 valence electrons. The van der Waals surface area contributed by atoms with Crippen LogP contribution in [0.4, 0.5) is 0 Å². The van der Waals surface area contributed by atoms with Crippen molar-refractivity contribution in [1.29, 1.82) is 0 Å². The van der Waals surface area contributed by atoms with E-state index in [0.717, 1.165) is 9.54 Å². The summed E-state index contributed by atoms with van der Waals surface area (Å²) in [5.41, 5.74) is 1.34. The van der Waals surface area contributed by atoms with E-state index in [0.29, 0.717) is 10.9 Å². The van der Waals surface area contributed by atoms with Gasteiger partial charge in [0.05, 0.1) is 16.6 Å². The number of nitrogens with zero attached hydrogens (tertiary/aromatic N) is 1. The fraction of sp³-hybridized carbons (Fsp3) is 0.0667. The molecule has 0 aliphatic heterocycles. The predicted octanol–water partition coefficient (Wildman–Crippen LogP) is 1.54. The van der Waals surface area contributed by atoms with Gasteiger partial charge in [-0.2, -0.15) is 0 Å². The molecule has 2 N–H and O–H groups in total. The lowest BCUT2D eigenvalue weighted by Crippen LogP contribution is -2.20. The molecule has 0 amide bonds. The number of benzene rings is 2. The van der Waals surface area contributed by atoms with Crippen molar-refractivity contribution in [1.82, 2.24) is 3.97 Å². The predicted molar refractivity (Wildman–Crippen MR) is 86.5 cm³/mol. The summed E-state index contributed by atoms with van der Waals surface area (Å²) in [7, 11) is -5.86. The number of hydrogen-bond donors (Lipinski definition) is 2. The molecule has 0 unspecified atom stereocenters. The number of aromatic nitrogens is 1. The minimum atomic E-state index is -3.82. The van der Waals surface area contributed by atoms with Crippen molar-refractivity contribution in [2.45, 2.75) is 11.8 Å². The molecule has 0 atom stereocenters. The molecule has 0 aliphatic rings. The van der Waals surface area contributed by atoms with Crippen LogP contribution in [0.15, 0.2) is 59.6 Å². The highest BCUT2D eigenvalue weighted by Gasteiger charge is 2.23. The third kappa shape index (κ3) is 2.84. The van der Waals surface area contributed by atoms with Crippen molar-refractivity contribution in [2.24, 2.45) is 0 Å². The summed E-state index contributed by atoms with van der Waals surface area (Å²) in [5.74, 6) is 0.0753. The lowest BCUT2D eigenvalue weighted by Gasteiger charge is -2.07. The van der Waals surface area contributed by atoms with Gasteiger partial charge in [-0.05, 0) is 31.2 Å². The summed E-state index contributed by atoms with van der Waals surface area (Å²) in [4.78, 5) is 0.139. The standard InChI is InChI=1S/C15H14BNO5S/c1-11-6-8-12(9-7-11)23(20,21)17-10-15(22-16(18)19)13-4-2-3-5-14(13)17/h2-10,18-19H,1H3. The van der Waals surface area contributed by atoms with Gasteiger partial charge in [-0.25, -0.2) is 12.4 Å². The second kappa shape index (κ2) is 5.73. The number of para-hydroxylation sites is 1. The molecule has 2 aromatic carbocycles. The Hall–Kier alpha value is -2.29. The maximum absolute atomic E-state index is 12.8. The van der Waals surface area contributed by atoms with Gasteiger partial charge in [0.2, 0.25) is 0 Å². The van der Waals surface area contributed by atoms with Crippen LogP contribution in [0.5, 0.6) is 5.75 Å². The van der Waals surface area contributed by atoms with Crippen LogP contribution >= 0.6 is 0 Å². The minimum Gasteiger partial charge on any atom is -0.510 e. The molecule has 0 saturated carbocycles. The van der Waals surface area contributed by atoms with E-state index in [2.05, 4.69) is 0 Å². The highest BCUT2D eigenvalue weighted by atomic mass is 32.2. The van der Waals surface area contributed by atoms with Crippen molar-refractivity contribution in [3.05, 3.63) is 60.3 Å². The molecule has 0 spiro atoms. The fourth-order valence-corrected chi connectivity index (χ4v) is 3.71. The minimum absolute atomic E-state index is 0.0753. The summed E-state index contributed by atoms with van der Waals surface area (Å²) in [5, 5.41) is 18.5. The first-order valence-electron chi connectivity index (χ1n) is 6.85. The Morgan fingerprint density at radius 1 is 1.04 bits per heavy atom. The van der Waals surface area contributed by atoms with Gasteiger partial charge in [0.25, 0.3) is 10.0 Å². The van der Waals surface area contributed by atoms with E-state index < -0.39 is 17.3 Å². The topological polar surface area (TPSA) is 88.8 Å². The maximum Gasteiger partial charge on any atom is 0.707 e. The van der Waals surface area contributed by atoms with Crippen LogP contribution in [0, 0.1) is 6.92 Å². The average Bonchev–Trinajstić information content (AvgIpc) is 2.87. The molecule has 0 saturated heterocycles. The molecular formula is C15H14BNO5S. The molecule has 6 nitrogen and oxygen atoms in total. The quantitative estimate of drug-likeness (QED) is 0.708. The Bertz CT molecular complexity index is 948. The monoisotopic (exact) mass is 331 g/mol. The Morgan fingerprint density at radius 2 is 1.70 bits per heavy atom. The Morgan fingerprint density at radius 3 is 2.35 bits per heavy atom. The Kier molecular flexibility index (Phi) is 3.89. The zero-order chi connectivity index (χ0) is 16.6. The van der Waals surface area contributed by atoms with Crippen LogP contribution in [0.3, 0.4) is 0 Å². The Balaban J connectivity index is 2.21. The highest BCUT2D eigenvalue weighted by molar-refractivity contribution is 7.90. The Labute approximate surface area is 133 Å². The first kappa shape index (κ1) is 15.6. The SMILES string of the molecule is Cc1ccc(S(=O)(=O)n2cc(OB(O)O)c3ccccc32)cc1. The van der Waals surface area contributed by atoms with E-state index in [4.69, 9.17) is 14.7 Å². The fourth-order valence-electron chi connectivity index (χ4n) is 2.35. The van der Waals surface area contributed by atoms with Gasteiger partial charge in [-0.3, -0.25) is 0 Å². The number of aryl methyl sites for hydroxylation is 1. The van der Waals surface area contributed by atoms with Crippen LogP contribution in [0.25, 0.3) is 10.9 Å². The molecule has 3 aromatic rings. The average molecular weight is 331 g/mol. The summed E-state index contributed by atoms with van der Waals surface area (Å²) in [6, 6.07) is 13.2. The van der Waals surface area contributed by atoms with Crippen LogP contribution in [-0.4, -0.2) is 29.8 Å². The molecule has 0 bridgehead atoms. The first-order valence-corrected chi connectivity index (χ1v) is 8.29. The summed E-state index contributed by atoms with van der Waals surface area (Å²) in [6.45, 7) is 1.87. The molecule has 8 heteroatoms. The smallest absolute Gasteiger partial charge is 0.510 e. The molecule has 23 heavy (non-hydrogen) atoms. The molecular weight excluding hydrogens is 317 g/mol. The van der Waals surface area contributed by atoms with Gasteiger partial charge in [0.15, 0.2) is 0 Å². The van der Waals surface area contributed by atoms with E-state index >= 15 is 0 Å². The van der Waals surface area contributed by atoms with E-state index in [1.54, 1.807) is 36.4 Å². The summed E-state index contributed by atoms with van der Waals surface area (Å²) >= 11 is 0. The van der Waals surface area contributed by atoms with Crippen molar-refractivity contribution >= 4 is 28.2 Å². The second-order valence-electron chi connectivity index (χ2n) is 5.07. The second-order valence-corrected chi connectivity index (χ2v) is 6.88. The van der Waals surface area contributed by atoms with Crippen molar-refractivity contribution < 1.29 is 23.1 Å². The molecule has 0 aliphatic carbocycles. The lowest BCUT2D eigenvalue weighted by atomic mass is 10.2. The number of fused-ring (bicyclic) bond motifs is 1. The maximum atomic E-state index is 12.8. The van der Waals surface area contributed by atoms with Crippen molar-refractivity contribution in [3.8, 4) is 5.75 Å². The van der Waals surface area contributed by atoms with Crippen LogP contribution in [-0.2, 0) is 10.0 Å². The number of hydrogen-bond acceptors (Lipinski definition) is 5. The zero-order valence-electron chi connectivity index (χ0n) is 12.2. The first-order chi connectivity index (χ1) is 10.9. The third-order valence-electron chi connectivity index (χ3n) is 3.45. The van der Waals surface area contributed by atoms with Crippen LogP contribution in [0.2, 0.25) is 0 Å².